The van der Waals surface area contributed by atoms with Crippen molar-refractivity contribution in [1.82, 2.24) is 19.9 Å². The van der Waals surface area contributed by atoms with E-state index in [0.717, 1.165) is 6.20 Å². The largest absolute Gasteiger partial charge is 0.378 e. The quantitative estimate of drug-likeness (QED) is 0.463. The molecule has 0 unspecified atom stereocenters. The van der Waals surface area contributed by atoms with Crippen LogP contribution >= 0.6 is 0 Å². The maximum Gasteiger partial charge on any atom is 0.264 e. The number of H-pyrrole nitrogens is 1. The fraction of sp³-hybridized carbons (Fsp3) is 0.429. The summed E-state index contributed by atoms with van der Waals surface area (Å²) in [7, 11) is 2.02. The van der Waals surface area contributed by atoms with Gasteiger partial charge in [0, 0.05) is 67.8 Å². The van der Waals surface area contributed by atoms with E-state index in [9.17, 15) is 18.4 Å². The Kier molecular flexibility index (Phi) is 8.27. The molecule has 13 heteroatoms. The maximum absolute atomic E-state index is 15.8. The number of hydrogen-bond acceptors (Lipinski definition) is 8. The lowest BCUT2D eigenvalue weighted by Gasteiger charge is -2.44. The number of likely N-dealkylation sites (N-methyl/N-ethyl adjacent to an activating group) is 1. The zero-order valence-electron chi connectivity index (χ0n) is 23.0. The monoisotopic (exact) mass is 571 g/mol. The van der Waals surface area contributed by atoms with Crippen LogP contribution in [0, 0.1) is 5.82 Å². The van der Waals surface area contributed by atoms with Gasteiger partial charge in [-0.05, 0) is 39.1 Å². The number of halogens is 3. The van der Waals surface area contributed by atoms with E-state index < -0.39 is 29.3 Å². The van der Waals surface area contributed by atoms with Crippen LogP contribution in [0.4, 0.5) is 30.5 Å². The van der Waals surface area contributed by atoms with E-state index in [1.165, 1.54) is 18.3 Å². The Balaban J connectivity index is 1.57. The lowest BCUT2D eigenvalue weighted by Crippen LogP contribution is -2.55. The van der Waals surface area contributed by atoms with E-state index in [1.807, 2.05) is 16.8 Å². The number of aromatic nitrogens is 3. The van der Waals surface area contributed by atoms with E-state index in [2.05, 4.69) is 39.0 Å². The van der Waals surface area contributed by atoms with Crippen LogP contribution in [-0.2, 0) is 4.74 Å². The van der Waals surface area contributed by atoms with Crippen LogP contribution in [-0.4, -0.2) is 84.3 Å². The van der Waals surface area contributed by atoms with Gasteiger partial charge in [0.25, 0.3) is 12.3 Å². The number of carbonyl (C=O) groups excluding carboxylic acids is 1. The van der Waals surface area contributed by atoms with Crippen molar-refractivity contribution < 1.29 is 22.7 Å². The molecular weight excluding hydrogens is 539 g/mol. The predicted octanol–water partition coefficient (Wildman–Crippen LogP) is 3.53. The minimum absolute atomic E-state index is 0.117. The number of carbonyl (C=O) groups is 1. The number of nitrogens with zero attached hydrogens (tertiary/aromatic N) is 5. The predicted molar refractivity (Wildman–Crippen MR) is 149 cm³/mol. The molecule has 2 aliphatic heterocycles. The van der Waals surface area contributed by atoms with Crippen molar-refractivity contribution >= 4 is 23.2 Å². The molecule has 4 heterocycles. The summed E-state index contributed by atoms with van der Waals surface area (Å²) >= 11 is 0. The second kappa shape index (κ2) is 11.9. The fourth-order valence-corrected chi connectivity index (χ4v) is 5.19. The molecule has 218 valence electrons. The van der Waals surface area contributed by atoms with Gasteiger partial charge in [-0.25, -0.2) is 23.1 Å². The molecular formula is C28H32F3N7O3. The molecule has 2 aromatic heterocycles. The van der Waals surface area contributed by atoms with Crippen molar-refractivity contribution in [3.8, 4) is 11.3 Å². The molecule has 3 aromatic rings. The molecule has 0 radical (unpaired) electrons. The summed E-state index contributed by atoms with van der Waals surface area (Å²) in [6, 6.07) is 5.35. The van der Waals surface area contributed by atoms with E-state index in [0.29, 0.717) is 62.8 Å². The highest BCUT2D eigenvalue weighted by molar-refractivity contribution is 6.07. The summed E-state index contributed by atoms with van der Waals surface area (Å²) in [4.78, 5) is 42.3. The van der Waals surface area contributed by atoms with Crippen molar-refractivity contribution in [2.75, 3.05) is 61.6 Å². The van der Waals surface area contributed by atoms with Crippen LogP contribution in [0.5, 0.6) is 0 Å². The van der Waals surface area contributed by atoms with Crippen molar-refractivity contribution in [3.63, 3.8) is 0 Å². The van der Waals surface area contributed by atoms with Gasteiger partial charge in [-0.1, -0.05) is 0 Å². The van der Waals surface area contributed by atoms with Crippen LogP contribution in [0.2, 0.25) is 0 Å². The third-order valence-electron chi connectivity index (χ3n) is 7.68. The number of nitrogens with one attached hydrogen (secondary N) is 2. The van der Waals surface area contributed by atoms with E-state index in [4.69, 9.17) is 4.74 Å². The number of anilines is 3. The number of pyridine rings is 1. The molecule has 0 saturated carbocycles. The second-order valence-corrected chi connectivity index (χ2v) is 10.4. The average molecular weight is 572 g/mol. The second-order valence-electron chi connectivity index (χ2n) is 10.4. The first-order valence-corrected chi connectivity index (χ1v) is 13.4. The van der Waals surface area contributed by atoms with Gasteiger partial charge < -0.3 is 24.8 Å². The highest BCUT2D eigenvalue weighted by Gasteiger charge is 2.30. The number of ether oxygens (including phenoxy) is 1. The Hall–Kier alpha value is -3.97. The summed E-state index contributed by atoms with van der Waals surface area (Å²) in [5.41, 5.74) is -0.756. The maximum atomic E-state index is 15.8. The Morgan fingerprint density at radius 1 is 1.12 bits per heavy atom. The van der Waals surface area contributed by atoms with Crippen LogP contribution in [0.1, 0.15) is 36.2 Å². The summed E-state index contributed by atoms with van der Waals surface area (Å²) in [6.45, 7) is 7.45. The molecule has 2 atom stereocenters. The topological polar surface area (TPSA) is 107 Å². The highest BCUT2D eigenvalue weighted by Crippen LogP contribution is 2.36. The summed E-state index contributed by atoms with van der Waals surface area (Å²) in [5.74, 6) is -0.986. The number of morpholine rings is 1. The van der Waals surface area contributed by atoms with Gasteiger partial charge >= 0.3 is 0 Å². The Labute approximate surface area is 235 Å². The van der Waals surface area contributed by atoms with Gasteiger partial charge in [0.05, 0.1) is 35.8 Å². The highest BCUT2D eigenvalue weighted by atomic mass is 19.3. The van der Waals surface area contributed by atoms with E-state index in [-0.39, 0.29) is 28.9 Å². The van der Waals surface area contributed by atoms with Crippen LogP contribution in [0.25, 0.3) is 11.3 Å². The third-order valence-corrected chi connectivity index (χ3v) is 7.68. The molecule has 2 saturated heterocycles. The zero-order chi connectivity index (χ0) is 29.3. The number of hydrogen-bond donors (Lipinski definition) is 2. The van der Waals surface area contributed by atoms with E-state index in [1.54, 1.807) is 6.07 Å². The molecule has 0 spiro atoms. The van der Waals surface area contributed by atoms with Crippen molar-refractivity contribution in [3.05, 3.63) is 64.0 Å². The van der Waals surface area contributed by atoms with E-state index >= 15 is 4.39 Å². The average Bonchev–Trinajstić information content (AvgIpc) is 2.96. The van der Waals surface area contributed by atoms with Crippen LogP contribution < -0.4 is 20.7 Å². The van der Waals surface area contributed by atoms with Gasteiger partial charge in [0.2, 0.25) is 11.5 Å². The standard InChI is InChI=1S/C28H32F3N7O3/c1-16-14-38(15-17(2)36(16)3)24-12-21(29)19(22-4-5-32-28(35-22)37-6-8-41-9-7-37)10-23(24)34-27(40)20-13-33-25(39)11-18(20)26(30)31/h4-5,10-13,16-17,26H,6-9,14-15H2,1-3H3,(H,33,39)(H,34,40)/t16-,17+. The first-order chi connectivity index (χ1) is 19.6. The zero-order valence-corrected chi connectivity index (χ0v) is 23.0. The molecule has 1 aromatic carbocycles. The minimum Gasteiger partial charge on any atom is -0.378 e. The fourth-order valence-electron chi connectivity index (χ4n) is 5.19. The van der Waals surface area contributed by atoms with Gasteiger partial charge in [-0.15, -0.1) is 0 Å². The van der Waals surface area contributed by atoms with Gasteiger partial charge in [0.15, 0.2) is 0 Å². The minimum atomic E-state index is -3.04. The van der Waals surface area contributed by atoms with Gasteiger partial charge in [0.1, 0.15) is 5.82 Å². The summed E-state index contributed by atoms with van der Waals surface area (Å²) < 4.78 is 48.6. The number of piperazine rings is 1. The van der Waals surface area contributed by atoms with Crippen molar-refractivity contribution in [2.24, 2.45) is 0 Å². The van der Waals surface area contributed by atoms with Gasteiger partial charge in [-0.2, -0.15) is 0 Å². The van der Waals surface area contributed by atoms with Crippen molar-refractivity contribution in [1.29, 1.82) is 0 Å². The Morgan fingerprint density at radius 2 is 1.83 bits per heavy atom. The Morgan fingerprint density at radius 3 is 2.51 bits per heavy atom. The van der Waals surface area contributed by atoms with Crippen molar-refractivity contribution in [2.45, 2.75) is 32.4 Å². The first kappa shape index (κ1) is 28.6. The molecule has 2 fully saturated rings. The molecule has 0 aliphatic carbocycles. The molecule has 41 heavy (non-hydrogen) atoms. The summed E-state index contributed by atoms with van der Waals surface area (Å²) in [5, 5.41) is 2.71. The number of alkyl halides is 2. The first-order valence-electron chi connectivity index (χ1n) is 13.4. The molecule has 5 rings (SSSR count). The van der Waals surface area contributed by atoms with Crippen LogP contribution in [0.15, 0.2) is 41.5 Å². The molecule has 10 nitrogen and oxygen atoms in total. The Bertz CT molecular complexity index is 1470. The van der Waals surface area contributed by atoms with Crippen LogP contribution in [0.3, 0.4) is 0 Å². The number of aromatic amines is 1. The smallest absolute Gasteiger partial charge is 0.264 e. The molecule has 2 aliphatic rings. The SMILES string of the molecule is C[C@@H]1CN(c2cc(F)c(-c3ccnc(N4CCOCC4)n3)cc2NC(=O)c2c[nH]c(=O)cc2C(F)F)C[C@H](C)N1C. The lowest BCUT2D eigenvalue weighted by atomic mass is 10.0. The summed E-state index contributed by atoms with van der Waals surface area (Å²) in [6.07, 6.45) is -0.541. The molecule has 1 amide bonds. The number of amides is 1. The normalized spacial score (nSPS) is 20.0. The number of benzene rings is 1. The number of rotatable bonds is 6. The molecule has 2 N–H and O–H groups in total. The third kappa shape index (κ3) is 6.05. The molecule has 0 bridgehead atoms. The lowest BCUT2D eigenvalue weighted by molar-refractivity contribution is 0.101. The van der Waals surface area contributed by atoms with Gasteiger partial charge in [-0.3, -0.25) is 14.5 Å².